The summed E-state index contributed by atoms with van der Waals surface area (Å²) < 4.78 is 0. The fraction of sp³-hybridized carbons (Fsp3) is 0.429. The second-order valence-corrected chi connectivity index (χ2v) is 5.48. The molecule has 0 atom stereocenters. The Hall–Kier alpha value is -2.04. The van der Waals surface area contributed by atoms with E-state index in [1.807, 2.05) is 25.1 Å². The number of urea groups is 1. The molecule has 0 spiro atoms. The lowest BCUT2D eigenvalue weighted by atomic mass is 9.86. The largest absolute Gasteiger partial charge is 0.480 e. The summed E-state index contributed by atoms with van der Waals surface area (Å²) in [6.45, 7) is 7.76. The minimum Gasteiger partial charge on any atom is -0.480 e. The molecule has 5 nitrogen and oxygen atoms in total. The van der Waals surface area contributed by atoms with Crippen LogP contribution in [0.3, 0.4) is 0 Å². The number of aliphatic carboxylic acids is 1. The highest BCUT2D eigenvalue weighted by Crippen LogP contribution is 2.26. The molecule has 0 unspecified atom stereocenters. The van der Waals surface area contributed by atoms with E-state index in [0.29, 0.717) is 5.69 Å². The van der Waals surface area contributed by atoms with Gasteiger partial charge in [0.2, 0.25) is 0 Å². The zero-order valence-electron chi connectivity index (χ0n) is 11.7. The second-order valence-electron chi connectivity index (χ2n) is 5.48. The van der Waals surface area contributed by atoms with Crippen LogP contribution in [-0.4, -0.2) is 23.7 Å². The van der Waals surface area contributed by atoms with E-state index in [0.717, 1.165) is 11.1 Å². The van der Waals surface area contributed by atoms with Crippen LogP contribution < -0.4 is 10.6 Å². The molecule has 1 aromatic rings. The van der Waals surface area contributed by atoms with Crippen molar-refractivity contribution in [2.75, 3.05) is 11.9 Å². The minimum atomic E-state index is -1.07. The molecule has 0 bridgehead atoms. The first-order valence-corrected chi connectivity index (χ1v) is 6.08. The van der Waals surface area contributed by atoms with Crippen LogP contribution in [0.2, 0.25) is 0 Å². The van der Waals surface area contributed by atoms with Crippen molar-refractivity contribution in [3.63, 3.8) is 0 Å². The Balaban J connectivity index is 2.83. The van der Waals surface area contributed by atoms with Crippen molar-refractivity contribution < 1.29 is 14.7 Å². The summed E-state index contributed by atoms with van der Waals surface area (Å²) in [7, 11) is 0. The first kappa shape index (κ1) is 15.0. The van der Waals surface area contributed by atoms with Gasteiger partial charge in [-0.15, -0.1) is 0 Å². The molecule has 0 aliphatic carbocycles. The summed E-state index contributed by atoms with van der Waals surface area (Å²) in [5.41, 5.74) is 2.71. The van der Waals surface area contributed by atoms with Crippen molar-refractivity contribution in [1.29, 1.82) is 0 Å². The number of carbonyl (C=O) groups excluding carboxylic acids is 1. The van der Waals surface area contributed by atoms with Crippen molar-refractivity contribution in [2.45, 2.75) is 33.1 Å². The van der Waals surface area contributed by atoms with Crippen molar-refractivity contribution in [2.24, 2.45) is 0 Å². The molecule has 19 heavy (non-hydrogen) atoms. The molecule has 1 rings (SSSR count). The van der Waals surface area contributed by atoms with E-state index < -0.39 is 18.5 Å². The van der Waals surface area contributed by atoms with Gasteiger partial charge in [-0.3, -0.25) is 4.79 Å². The normalized spacial score (nSPS) is 10.9. The Bertz CT molecular complexity index is 490. The molecule has 0 heterocycles. The van der Waals surface area contributed by atoms with Crippen LogP contribution in [0, 0.1) is 6.92 Å². The van der Waals surface area contributed by atoms with E-state index in [9.17, 15) is 9.59 Å². The maximum Gasteiger partial charge on any atom is 0.323 e. The van der Waals surface area contributed by atoms with Crippen LogP contribution in [0.1, 0.15) is 31.9 Å². The highest BCUT2D eigenvalue weighted by atomic mass is 16.4. The number of rotatable bonds is 3. The van der Waals surface area contributed by atoms with Gasteiger partial charge in [-0.05, 0) is 29.5 Å². The second kappa shape index (κ2) is 5.73. The molecule has 0 aliphatic heterocycles. The van der Waals surface area contributed by atoms with E-state index in [2.05, 4.69) is 31.4 Å². The number of benzene rings is 1. The molecule has 1 aromatic carbocycles. The topological polar surface area (TPSA) is 78.4 Å². The molecule has 0 aromatic heterocycles. The summed E-state index contributed by atoms with van der Waals surface area (Å²) in [4.78, 5) is 21.9. The molecular formula is C14H20N2O3. The fourth-order valence-electron chi connectivity index (χ4n) is 1.55. The van der Waals surface area contributed by atoms with Gasteiger partial charge in [-0.2, -0.15) is 0 Å². The summed E-state index contributed by atoms with van der Waals surface area (Å²) >= 11 is 0. The quantitative estimate of drug-likeness (QED) is 0.784. The SMILES string of the molecule is Cc1ccc(C(C)(C)C)cc1NC(=O)NCC(=O)O. The van der Waals surface area contributed by atoms with Gasteiger partial charge >= 0.3 is 12.0 Å². The molecule has 2 amide bonds. The third kappa shape index (κ3) is 4.62. The van der Waals surface area contributed by atoms with Crippen LogP contribution in [-0.2, 0) is 10.2 Å². The lowest BCUT2D eigenvalue weighted by molar-refractivity contribution is -0.135. The lowest BCUT2D eigenvalue weighted by Gasteiger charge is -2.21. The Morgan fingerprint density at radius 2 is 1.89 bits per heavy atom. The number of carboxylic acids is 1. The summed E-state index contributed by atoms with van der Waals surface area (Å²) in [5, 5.41) is 13.4. The van der Waals surface area contributed by atoms with E-state index in [-0.39, 0.29) is 5.41 Å². The predicted octanol–water partition coefficient (Wildman–Crippen LogP) is 2.50. The van der Waals surface area contributed by atoms with E-state index in [4.69, 9.17) is 5.11 Å². The smallest absolute Gasteiger partial charge is 0.323 e. The molecule has 5 heteroatoms. The maximum absolute atomic E-state index is 11.5. The number of hydrogen-bond donors (Lipinski definition) is 3. The number of amides is 2. The van der Waals surface area contributed by atoms with Gasteiger partial charge in [0.15, 0.2) is 0 Å². The Labute approximate surface area is 113 Å². The van der Waals surface area contributed by atoms with Gasteiger partial charge in [0.1, 0.15) is 6.54 Å². The van der Waals surface area contributed by atoms with Gasteiger partial charge in [0, 0.05) is 5.69 Å². The van der Waals surface area contributed by atoms with Crippen LogP contribution in [0.25, 0.3) is 0 Å². The van der Waals surface area contributed by atoms with E-state index in [1.54, 1.807) is 0 Å². The summed E-state index contributed by atoms with van der Waals surface area (Å²) in [5.74, 6) is -1.07. The van der Waals surface area contributed by atoms with Gasteiger partial charge < -0.3 is 15.7 Å². The first-order chi connectivity index (χ1) is 8.70. The average Bonchev–Trinajstić information content (AvgIpc) is 2.28. The zero-order valence-corrected chi connectivity index (χ0v) is 11.7. The van der Waals surface area contributed by atoms with Crippen molar-refractivity contribution in [3.05, 3.63) is 29.3 Å². The van der Waals surface area contributed by atoms with Crippen LogP contribution in [0.4, 0.5) is 10.5 Å². The molecule has 0 saturated carbocycles. The van der Waals surface area contributed by atoms with Gasteiger partial charge in [0.25, 0.3) is 0 Å². The van der Waals surface area contributed by atoms with E-state index in [1.165, 1.54) is 0 Å². The highest BCUT2D eigenvalue weighted by Gasteiger charge is 2.15. The van der Waals surface area contributed by atoms with Crippen molar-refractivity contribution in [1.82, 2.24) is 5.32 Å². The van der Waals surface area contributed by atoms with Gasteiger partial charge in [-0.1, -0.05) is 32.9 Å². The van der Waals surface area contributed by atoms with Gasteiger partial charge in [-0.25, -0.2) is 4.79 Å². The average molecular weight is 264 g/mol. The van der Waals surface area contributed by atoms with E-state index >= 15 is 0 Å². The maximum atomic E-state index is 11.5. The number of hydrogen-bond acceptors (Lipinski definition) is 2. The van der Waals surface area contributed by atoms with Crippen molar-refractivity contribution in [3.8, 4) is 0 Å². The van der Waals surface area contributed by atoms with Crippen LogP contribution in [0.15, 0.2) is 18.2 Å². The highest BCUT2D eigenvalue weighted by molar-refractivity contribution is 5.92. The third-order valence-corrected chi connectivity index (χ3v) is 2.75. The predicted molar refractivity (Wildman–Crippen MR) is 74.5 cm³/mol. The summed E-state index contributed by atoms with van der Waals surface area (Å²) in [6.07, 6.45) is 0. The Morgan fingerprint density at radius 3 is 2.42 bits per heavy atom. The lowest BCUT2D eigenvalue weighted by Crippen LogP contribution is -2.33. The fourth-order valence-corrected chi connectivity index (χ4v) is 1.55. The number of nitrogens with one attached hydrogen (secondary N) is 2. The molecule has 0 fully saturated rings. The first-order valence-electron chi connectivity index (χ1n) is 6.08. The number of aryl methyl sites for hydroxylation is 1. The Kier molecular flexibility index (Phi) is 4.53. The molecule has 104 valence electrons. The number of anilines is 1. The summed E-state index contributed by atoms with van der Waals surface area (Å²) in [6, 6.07) is 5.36. The molecule has 0 aliphatic rings. The van der Waals surface area contributed by atoms with Gasteiger partial charge in [0.05, 0.1) is 0 Å². The third-order valence-electron chi connectivity index (χ3n) is 2.75. The molecule has 3 N–H and O–H groups in total. The standard InChI is InChI=1S/C14H20N2O3/c1-9-5-6-10(14(2,3)4)7-11(9)16-13(19)15-8-12(17)18/h5-7H,8H2,1-4H3,(H,17,18)(H2,15,16,19). The number of carboxylic acid groups (broad SMARTS) is 1. The monoisotopic (exact) mass is 264 g/mol. The minimum absolute atomic E-state index is 0.0122. The van der Waals surface area contributed by atoms with Crippen LogP contribution >= 0.6 is 0 Å². The van der Waals surface area contributed by atoms with Crippen LogP contribution in [0.5, 0.6) is 0 Å². The molecule has 0 radical (unpaired) electrons. The zero-order chi connectivity index (χ0) is 14.6. The molecular weight excluding hydrogens is 244 g/mol. The number of carbonyl (C=O) groups is 2. The molecule has 0 saturated heterocycles. The van der Waals surface area contributed by atoms with Crippen molar-refractivity contribution >= 4 is 17.7 Å². The Morgan fingerprint density at radius 1 is 1.26 bits per heavy atom.